The first-order valence-electron chi connectivity index (χ1n) is 16.3. The summed E-state index contributed by atoms with van der Waals surface area (Å²) in [6.07, 6.45) is 4.77. The Hall–Kier alpha value is -3.92. The van der Waals surface area contributed by atoms with Gasteiger partial charge in [-0.2, -0.15) is 10.2 Å². The number of hydrogen-bond acceptors (Lipinski definition) is 10. The number of nitrogens with one attached hydrogen (secondary N) is 6. The highest BCUT2D eigenvalue weighted by atomic mass is 35.5. The number of carbonyl (C=O) groups excluding carboxylic acids is 2. The lowest BCUT2D eigenvalue weighted by atomic mass is 10.1. The van der Waals surface area contributed by atoms with E-state index in [0.29, 0.717) is 46.0 Å². The molecule has 6 rings (SSSR count). The summed E-state index contributed by atoms with van der Waals surface area (Å²) in [6, 6.07) is 5.53. The van der Waals surface area contributed by atoms with Crippen LogP contribution in [0, 0.1) is 6.92 Å². The van der Waals surface area contributed by atoms with Crippen molar-refractivity contribution < 1.29 is 19.1 Å². The summed E-state index contributed by atoms with van der Waals surface area (Å²) < 4.78 is 11.4. The van der Waals surface area contributed by atoms with Gasteiger partial charge in [-0.3, -0.25) is 29.8 Å². The summed E-state index contributed by atoms with van der Waals surface area (Å²) in [5.74, 6) is -0.533. The smallest absolute Gasteiger partial charge is 0.275 e. The standard InChI is InChI=1S/C17H22ClN5O2.C16H20ClN5O2/c1-3-4-12-14(18)16(23-22-12)17(24)21-11-7-10(2)15(20-8-11)13-9-19-5-6-25-13;1-9(2)14-13(17)15(22-21-14)16(23)20-10-3-4-11(19-7-10)12-8-18-5-6-24-12/h7-8,13,19H,3-6,9H2,1-2H3,(H,21,24)(H,22,23);3-4,7,9,12,18H,5-6,8H2,1-2H3,(H,20,23)(H,21,22)/t;12-/m.0/s1. The molecule has 2 aliphatic heterocycles. The lowest BCUT2D eigenvalue weighted by Crippen LogP contribution is -2.34. The molecule has 1 unspecified atom stereocenters. The fourth-order valence-electron chi connectivity index (χ4n) is 5.34. The Labute approximate surface area is 294 Å². The van der Waals surface area contributed by atoms with Crippen molar-refractivity contribution in [3.8, 4) is 0 Å². The van der Waals surface area contributed by atoms with Crippen LogP contribution in [0.15, 0.2) is 30.6 Å². The maximum absolute atomic E-state index is 12.4. The predicted octanol–water partition coefficient (Wildman–Crippen LogP) is 5.13. The first-order chi connectivity index (χ1) is 23.7. The minimum atomic E-state index is -0.343. The number of hydrogen-bond donors (Lipinski definition) is 6. The monoisotopic (exact) mass is 712 g/mol. The molecule has 6 N–H and O–H groups in total. The highest BCUT2D eigenvalue weighted by molar-refractivity contribution is 6.35. The van der Waals surface area contributed by atoms with E-state index in [-0.39, 0.29) is 41.3 Å². The SMILES string of the molecule is CC(C)c1n[nH]c(C(=O)Nc2ccc([C@@H]3CNCCO3)nc2)c1Cl.CCCc1n[nH]c(C(=O)Nc2cnc(C3CNCCO3)c(C)c2)c1Cl. The van der Waals surface area contributed by atoms with E-state index in [9.17, 15) is 9.59 Å². The number of carbonyl (C=O) groups is 2. The Morgan fingerprint density at radius 1 is 0.898 bits per heavy atom. The van der Waals surface area contributed by atoms with Crippen LogP contribution in [0.5, 0.6) is 0 Å². The molecule has 6 heterocycles. The molecule has 2 fully saturated rings. The topological polar surface area (TPSA) is 184 Å². The maximum atomic E-state index is 12.4. The molecular formula is C33H42Cl2N10O4. The molecule has 0 aromatic carbocycles. The van der Waals surface area contributed by atoms with Gasteiger partial charge in [0.2, 0.25) is 0 Å². The number of rotatable bonds is 9. The van der Waals surface area contributed by atoms with Gasteiger partial charge < -0.3 is 30.7 Å². The van der Waals surface area contributed by atoms with E-state index in [4.69, 9.17) is 32.7 Å². The number of ether oxygens (including phenoxy) is 2. The van der Waals surface area contributed by atoms with Crippen LogP contribution in [0.4, 0.5) is 11.4 Å². The number of pyridine rings is 2. The minimum Gasteiger partial charge on any atom is -0.369 e. The van der Waals surface area contributed by atoms with Crippen LogP contribution in [-0.4, -0.2) is 81.6 Å². The van der Waals surface area contributed by atoms with Crippen molar-refractivity contribution in [2.45, 2.75) is 58.7 Å². The van der Waals surface area contributed by atoms with Crippen LogP contribution in [0.1, 0.15) is 94.6 Å². The van der Waals surface area contributed by atoms with Gasteiger partial charge in [-0.25, -0.2) is 0 Å². The fourth-order valence-corrected chi connectivity index (χ4v) is 5.99. The zero-order valence-electron chi connectivity index (χ0n) is 28.0. The average Bonchev–Trinajstić information content (AvgIpc) is 3.68. The van der Waals surface area contributed by atoms with E-state index in [1.807, 2.05) is 39.8 Å². The molecule has 2 saturated heterocycles. The van der Waals surface area contributed by atoms with Crippen LogP contribution in [0.25, 0.3) is 0 Å². The van der Waals surface area contributed by atoms with Crippen LogP contribution < -0.4 is 21.3 Å². The Morgan fingerprint density at radius 3 is 2.10 bits per heavy atom. The van der Waals surface area contributed by atoms with Crippen LogP contribution in [0.3, 0.4) is 0 Å². The van der Waals surface area contributed by atoms with E-state index in [0.717, 1.165) is 56.0 Å². The molecule has 49 heavy (non-hydrogen) atoms. The Kier molecular flexibility index (Phi) is 12.7. The van der Waals surface area contributed by atoms with Gasteiger partial charge in [-0.1, -0.05) is 50.4 Å². The Balaban J connectivity index is 0.000000191. The number of anilines is 2. The molecule has 14 nitrogen and oxygen atoms in total. The second-order valence-electron chi connectivity index (χ2n) is 12.0. The van der Waals surface area contributed by atoms with Gasteiger partial charge in [-0.15, -0.1) is 0 Å². The number of aromatic amines is 2. The summed E-state index contributed by atoms with van der Waals surface area (Å²) in [7, 11) is 0. The number of aryl methyl sites for hydroxylation is 2. The Morgan fingerprint density at radius 2 is 1.53 bits per heavy atom. The summed E-state index contributed by atoms with van der Waals surface area (Å²) in [5, 5.41) is 26.5. The highest BCUT2D eigenvalue weighted by Gasteiger charge is 2.22. The zero-order chi connectivity index (χ0) is 34.9. The summed E-state index contributed by atoms with van der Waals surface area (Å²) >= 11 is 12.4. The fraction of sp³-hybridized carbons (Fsp3) is 0.455. The Bertz CT molecular complexity index is 1710. The van der Waals surface area contributed by atoms with Gasteiger partial charge in [-0.05, 0) is 43.0 Å². The number of amides is 2. The lowest BCUT2D eigenvalue weighted by molar-refractivity contribution is 0.0246. The third-order valence-corrected chi connectivity index (χ3v) is 8.70. The number of halogens is 2. The van der Waals surface area contributed by atoms with Crippen molar-refractivity contribution in [1.82, 2.24) is 41.0 Å². The lowest BCUT2D eigenvalue weighted by Gasteiger charge is -2.24. The molecule has 2 aliphatic rings. The van der Waals surface area contributed by atoms with Gasteiger partial charge in [0.05, 0.1) is 69.8 Å². The van der Waals surface area contributed by atoms with Gasteiger partial charge in [0.1, 0.15) is 23.6 Å². The number of H-pyrrole nitrogens is 2. The number of morpholine rings is 2. The average molecular weight is 714 g/mol. The van der Waals surface area contributed by atoms with Gasteiger partial charge in [0.25, 0.3) is 11.8 Å². The van der Waals surface area contributed by atoms with E-state index in [1.54, 1.807) is 18.5 Å². The third-order valence-electron chi connectivity index (χ3n) is 7.91. The van der Waals surface area contributed by atoms with E-state index < -0.39 is 0 Å². The van der Waals surface area contributed by atoms with E-state index in [1.165, 1.54) is 0 Å². The molecule has 0 radical (unpaired) electrons. The maximum Gasteiger partial charge on any atom is 0.275 e. The first-order valence-corrected chi connectivity index (χ1v) is 17.1. The zero-order valence-corrected chi connectivity index (χ0v) is 29.5. The minimum absolute atomic E-state index is 0.0563. The van der Waals surface area contributed by atoms with E-state index in [2.05, 4.69) is 51.6 Å². The predicted molar refractivity (Wildman–Crippen MR) is 188 cm³/mol. The molecule has 0 bridgehead atoms. The van der Waals surface area contributed by atoms with Gasteiger partial charge in [0, 0.05) is 26.2 Å². The molecule has 16 heteroatoms. The summed E-state index contributed by atoms with van der Waals surface area (Å²) in [6.45, 7) is 12.4. The van der Waals surface area contributed by atoms with Crippen molar-refractivity contribution in [2.24, 2.45) is 0 Å². The quantitative estimate of drug-likeness (QED) is 0.136. The molecule has 262 valence electrons. The second-order valence-corrected chi connectivity index (χ2v) is 12.8. The second kappa shape index (κ2) is 17.1. The van der Waals surface area contributed by atoms with Gasteiger partial charge >= 0.3 is 0 Å². The van der Waals surface area contributed by atoms with Crippen molar-refractivity contribution >= 4 is 46.4 Å². The molecule has 4 aromatic heterocycles. The third kappa shape index (κ3) is 9.21. The molecule has 0 aliphatic carbocycles. The van der Waals surface area contributed by atoms with Crippen molar-refractivity contribution in [1.29, 1.82) is 0 Å². The molecular weight excluding hydrogens is 671 g/mol. The summed E-state index contributed by atoms with van der Waals surface area (Å²) in [4.78, 5) is 33.6. The summed E-state index contributed by atoms with van der Waals surface area (Å²) in [5.41, 5.74) is 5.79. The van der Waals surface area contributed by atoms with E-state index >= 15 is 0 Å². The molecule has 0 spiro atoms. The largest absolute Gasteiger partial charge is 0.369 e. The molecule has 2 amide bonds. The van der Waals surface area contributed by atoms with Crippen LogP contribution in [-0.2, 0) is 15.9 Å². The number of nitrogens with zero attached hydrogens (tertiary/aromatic N) is 4. The van der Waals surface area contributed by atoms with Crippen LogP contribution >= 0.6 is 23.2 Å². The van der Waals surface area contributed by atoms with Crippen molar-refractivity contribution in [3.05, 3.63) is 80.4 Å². The van der Waals surface area contributed by atoms with Crippen molar-refractivity contribution in [3.63, 3.8) is 0 Å². The molecule has 4 aromatic rings. The normalized spacial score (nSPS) is 17.7. The molecule has 2 atom stereocenters. The van der Waals surface area contributed by atoms with Crippen LogP contribution in [0.2, 0.25) is 10.0 Å². The van der Waals surface area contributed by atoms with Gasteiger partial charge in [0.15, 0.2) is 0 Å². The number of aromatic nitrogens is 6. The van der Waals surface area contributed by atoms with Crippen molar-refractivity contribution in [2.75, 3.05) is 50.0 Å². The highest BCUT2D eigenvalue weighted by Crippen LogP contribution is 2.27. The molecule has 0 saturated carbocycles. The first kappa shape index (κ1) is 36.4.